The maximum Gasteiger partial charge on any atom is 0.259 e. The molecule has 2 heterocycles. The molecule has 0 bridgehead atoms. The van der Waals surface area contributed by atoms with Crippen LogP contribution in [0.3, 0.4) is 0 Å². The van der Waals surface area contributed by atoms with Gasteiger partial charge in [0.1, 0.15) is 5.41 Å². The molecule has 3 aliphatic rings. The number of halogens is 1. The van der Waals surface area contributed by atoms with E-state index in [4.69, 9.17) is 0 Å². The van der Waals surface area contributed by atoms with Gasteiger partial charge in [0, 0.05) is 32.4 Å². The molecule has 1 aliphatic carbocycles. The number of hydrogen-bond donors (Lipinski definition) is 0. The molecule has 1 unspecified atom stereocenters. The van der Waals surface area contributed by atoms with Gasteiger partial charge < -0.3 is 9.80 Å². The predicted octanol–water partition coefficient (Wildman–Crippen LogP) is 7.48. The van der Waals surface area contributed by atoms with E-state index in [1.807, 2.05) is 121 Å². The van der Waals surface area contributed by atoms with Crippen LogP contribution in [-0.2, 0) is 28.1 Å². The van der Waals surface area contributed by atoms with Crippen LogP contribution in [-0.4, -0.2) is 17.6 Å². The normalized spacial score (nSPS) is 20.0. The first-order valence-electron chi connectivity index (χ1n) is 14.5. The Morgan fingerprint density at radius 3 is 1.86 bits per heavy atom. The molecule has 0 radical (unpaired) electrons. The summed E-state index contributed by atoms with van der Waals surface area (Å²) < 4.78 is 0.731. The molecule has 212 valence electrons. The van der Waals surface area contributed by atoms with E-state index in [2.05, 4.69) is 15.9 Å². The second-order valence-electron chi connectivity index (χ2n) is 11.3. The van der Waals surface area contributed by atoms with Gasteiger partial charge in [-0.2, -0.15) is 0 Å². The number of carbonyl (C=O) groups excluding carboxylic acids is 3. The molecule has 0 aromatic heterocycles. The third-order valence-corrected chi connectivity index (χ3v) is 9.43. The number of carbonyl (C=O) groups is 3. The summed E-state index contributed by atoms with van der Waals surface area (Å²) in [5, 5.41) is 0. The van der Waals surface area contributed by atoms with Crippen LogP contribution in [0.1, 0.15) is 38.2 Å². The monoisotopic (exact) mass is 636 g/mol. The van der Waals surface area contributed by atoms with Gasteiger partial charge in [-0.25, -0.2) is 0 Å². The SMILES string of the molecule is O=C1/C(=C2/C(=O)N(Cc3ccccc3)c3ccccc32)C2(C(=O)N(Cc3ccccc3)c3ccccc32)c2ccc(Br)cc21. The molecule has 1 atom stereocenters. The minimum Gasteiger partial charge on any atom is -0.306 e. The van der Waals surface area contributed by atoms with Crippen molar-refractivity contribution in [3.8, 4) is 0 Å². The summed E-state index contributed by atoms with van der Waals surface area (Å²) in [4.78, 5) is 48.0. The number of fused-ring (bicyclic) bond motifs is 5. The Morgan fingerprint density at radius 1 is 0.568 bits per heavy atom. The maximum absolute atomic E-state index is 15.1. The minimum atomic E-state index is -1.47. The molecule has 0 fully saturated rings. The molecular weight excluding hydrogens is 612 g/mol. The molecule has 5 nitrogen and oxygen atoms in total. The molecule has 6 heteroatoms. The molecule has 0 saturated carbocycles. The number of Topliss-reactive ketones (excluding diaryl/α,β-unsaturated/α-hetero) is 1. The van der Waals surface area contributed by atoms with Crippen LogP contribution in [0.5, 0.6) is 0 Å². The van der Waals surface area contributed by atoms with Crippen LogP contribution in [0.4, 0.5) is 11.4 Å². The Bertz CT molecular complexity index is 2050. The number of nitrogens with zero attached hydrogens (tertiary/aromatic N) is 2. The van der Waals surface area contributed by atoms with Crippen molar-refractivity contribution >= 4 is 50.5 Å². The number of anilines is 2. The molecular formula is C38H25BrN2O3. The molecule has 44 heavy (non-hydrogen) atoms. The summed E-state index contributed by atoms with van der Waals surface area (Å²) in [6.45, 7) is 0.684. The average Bonchev–Trinajstić information content (AvgIpc) is 3.57. The average molecular weight is 638 g/mol. The summed E-state index contributed by atoms with van der Waals surface area (Å²) in [7, 11) is 0. The van der Waals surface area contributed by atoms with Crippen molar-refractivity contribution in [1.82, 2.24) is 0 Å². The molecule has 5 aromatic carbocycles. The molecule has 0 N–H and O–H groups in total. The van der Waals surface area contributed by atoms with Crippen LogP contribution in [0.25, 0.3) is 5.57 Å². The smallest absolute Gasteiger partial charge is 0.259 e. The number of amides is 2. The highest BCUT2D eigenvalue weighted by atomic mass is 79.9. The van der Waals surface area contributed by atoms with Crippen molar-refractivity contribution in [1.29, 1.82) is 0 Å². The molecule has 8 rings (SSSR count). The Labute approximate surface area is 263 Å². The van der Waals surface area contributed by atoms with Gasteiger partial charge >= 0.3 is 0 Å². The fraction of sp³-hybridized carbons (Fsp3) is 0.0789. The summed E-state index contributed by atoms with van der Waals surface area (Å²) in [6, 6.07) is 40.3. The highest BCUT2D eigenvalue weighted by Gasteiger charge is 2.63. The Morgan fingerprint density at radius 2 is 1.16 bits per heavy atom. The summed E-state index contributed by atoms with van der Waals surface area (Å²) in [5.74, 6) is -0.812. The van der Waals surface area contributed by atoms with Crippen molar-refractivity contribution in [2.24, 2.45) is 0 Å². The highest BCUT2D eigenvalue weighted by molar-refractivity contribution is 9.10. The van der Waals surface area contributed by atoms with Crippen LogP contribution < -0.4 is 9.80 Å². The fourth-order valence-corrected chi connectivity index (χ4v) is 7.46. The zero-order valence-electron chi connectivity index (χ0n) is 23.5. The first-order chi connectivity index (χ1) is 21.5. The predicted molar refractivity (Wildman–Crippen MR) is 174 cm³/mol. The zero-order chi connectivity index (χ0) is 30.0. The van der Waals surface area contributed by atoms with Gasteiger partial charge in [0.25, 0.3) is 5.91 Å². The Balaban J connectivity index is 1.41. The topological polar surface area (TPSA) is 57.7 Å². The highest BCUT2D eigenvalue weighted by Crippen LogP contribution is 2.59. The number of ketones is 1. The quantitative estimate of drug-likeness (QED) is 0.192. The Kier molecular flexibility index (Phi) is 6.03. The van der Waals surface area contributed by atoms with Crippen LogP contribution >= 0.6 is 15.9 Å². The molecule has 0 saturated heterocycles. The van der Waals surface area contributed by atoms with E-state index in [-0.39, 0.29) is 23.2 Å². The molecule has 5 aromatic rings. The standard InChI is InChI=1S/C38H25BrN2O3/c39-26-19-20-29-28(21-26)35(42)34(33-27-15-7-9-17-31(27)40(36(33)43)22-24-11-3-1-4-12-24)38(29)30-16-8-10-18-32(30)41(37(38)44)23-25-13-5-2-6-14-25/h1-21H,22-23H2/b34-33-. The van der Waals surface area contributed by atoms with Gasteiger partial charge in [0.05, 0.1) is 24.4 Å². The molecule has 2 aliphatic heterocycles. The van der Waals surface area contributed by atoms with Crippen molar-refractivity contribution < 1.29 is 14.4 Å². The fourth-order valence-electron chi connectivity index (χ4n) is 7.09. The van der Waals surface area contributed by atoms with Gasteiger partial charge in [0.2, 0.25) is 5.91 Å². The number of rotatable bonds is 4. The van der Waals surface area contributed by atoms with Crippen molar-refractivity contribution in [2.45, 2.75) is 18.5 Å². The van der Waals surface area contributed by atoms with Gasteiger partial charge in [-0.3, -0.25) is 14.4 Å². The summed E-state index contributed by atoms with van der Waals surface area (Å²) in [5.41, 5.74) is 4.86. The van der Waals surface area contributed by atoms with Crippen LogP contribution in [0.2, 0.25) is 0 Å². The van der Waals surface area contributed by atoms with Gasteiger partial charge in [0.15, 0.2) is 5.78 Å². The van der Waals surface area contributed by atoms with E-state index >= 15 is 4.79 Å². The van der Waals surface area contributed by atoms with E-state index in [1.165, 1.54) is 0 Å². The van der Waals surface area contributed by atoms with E-state index in [0.717, 1.165) is 27.0 Å². The molecule has 1 spiro atoms. The summed E-state index contributed by atoms with van der Waals surface area (Å²) in [6.07, 6.45) is 0. The van der Waals surface area contributed by atoms with E-state index in [1.54, 1.807) is 15.9 Å². The van der Waals surface area contributed by atoms with Crippen molar-refractivity contribution in [3.63, 3.8) is 0 Å². The van der Waals surface area contributed by atoms with E-state index < -0.39 is 5.41 Å². The van der Waals surface area contributed by atoms with Crippen LogP contribution in [0.15, 0.2) is 137 Å². The zero-order valence-corrected chi connectivity index (χ0v) is 25.1. The van der Waals surface area contributed by atoms with Gasteiger partial charge in [-0.05, 0) is 41.0 Å². The lowest BCUT2D eigenvalue weighted by molar-refractivity contribution is -0.120. The summed E-state index contributed by atoms with van der Waals surface area (Å²) >= 11 is 3.54. The van der Waals surface area contributed by atoms with E-state index in [9.17, 15) is 9.59 Å². The Hall–Kier alpha value is -5.07. The first-order valence-corrected chi connectivity index (χ1v) is 15.3. The first kappa shape index (κ1) is 26.5. The van der Waals surface area contributed by atoms with Gasteiger partial charge in [-0.1, -0.05) is 119 Å². The second-order valence-corrected chi connectivity index (χ2v) is 12.2. The van der Waals surface area contributed by atoms with Crippen LogP contribution in [0, 0.1) is 0 Å². The number of para-hydroxylation sites is 2. The minimum absolute atomic E-state index is 0.228. The largest absolute Gasteiger partial charge is 0.306 e. The second kappa shape index (κ2) is 10.00. The number of benzene rings is 5. The third-order valence-electron chi connectivity index (χ3n) is 8.94. The van der Waals surface area contributed by atoms with Gasteiger partial charge in [-0.15, -0.1) is 0 Å². The lowest BCUT2D eigenvalue weighted by atomic mass is 9.71. The maximum atomic E-state index is 15.1. The number of hydrogen-bond acceptors (Lipinski definition) is 3. The lowest BCUT2D eigenvalue weighted by Crippen LogP contribution is -2.42. The molecule has 2 amide bonds. The third kappa shape index (κ3) is 3.67. The lowest BCUT2D eigenvalue weighted by Gasteiger charge is -2.28. The van der Waals surface area contributed by atoms with Crippen molar-refractivity contribution in [2.75, 3.05) is 9.80 Å². The van der Waals surface area contributed by atoms with Crippen molar-refractivity contribution in [3.05, 3.63) is 171 Å². The van der Waals surface area contributed by atoms with E-state index in [0.29, 0.717) is 40.9 Å².